The van der Waals surface area contributed by atoms with Crippen LogP contribution in [-0.2, 0) is 14.8 Å². The topological polar surface area (TPSA) is 81.4 Å². The number of nitrogens with one attached hydrogen (secondary N) is 1. The minimum Gasteiger partial charge on any atom is -0.380 e. The van der Waals surface area contributed by atoms with Gasteiger partial charge in [0.1, 0.15) is 0 Å². The number of rotatable bonds is 5. The second-order valence-corrected chi connectivity index (χ2v) is 7.23. The van der Waals surface area contributed by atoms with Crippen LogP contribution >= 0.6 is 0 Å². The van der Waals surface area contributed by atoms with E-state index in [2.05, 4.69) is 12.2 Å². The molecule has 0 bridgehead atoms. The van der Waals surface area contributed by atoms with Gasteiger partial charge in [0.25, 0.3) is 0 Å². The Morgan fingerprint density at radius 3 is 2.43 bits per heavy atom. The first-order chi connectivity index (χ1) is 9.91. The maximum atomic E-state index is 11.3. The summed E-state index contributed by atoms with van der Waals surface area (Å²) in [5.74, 6) is 0. The molecule has 0 saturated heterocycles. The van der Waals surface area contributed by atoms with Crippen LogP contribution in [0.1, 0.15) is 44.2 Å². The maximum absolute atomic E-state index is 11.3. The monoisotopic (exact) mass is 312 g/mol. The zero-order chi connectivity index (χ0) is 15.5. The van der Waals surface area contributed by atoms with Crippen LogP contribution in [0.5, 0.6) is 0 Å². The molecule has 5 nitrogen and oxygen atoms in total. The van der Waals surface area contributed by atoms with E-state index in [1.807, 2.05) is 12.1 Å². The highest BCUT2D eigenvalue weighted by molar-refractivity contribution is 7.89. The summed E-state index contributed by atoms with van der Waals surface area (Å²) < 4.78 is 28.1. The van der Waals surface area contributed by atoms with Crippen molar-refractivity contribution >= 4 is 10.0 Å². The number of ether oxygens (including phenoxy) is 1. The maximum Gasteiger partial charge on any atom is 0.238 e. The average molecular weight is 312 g/mol. The van der Waals surface area contributed by atoms with Crippen molar-refractivity contribution in [1.82, 2.24) is 5.32 Å². The Balaban J connectivity index is 2.04. The van der Waals surface area contributed by atoms with Crippen molar-refractivity contribution in [2.45, 2.75) is 55.7 Å². The normalized spacial score (nSPS) is 24.7. The number of primary sulfonamides is 1. The molecule has 1 fully saturated rings. The van der Waals surface area contributed by atoms with Crippen molar-refractivity contribution in [3.8, 4) is 0 Å². The van der Waals surface area contributed by atoms with Gasteiger partial charge in [-0.3, -0.25) is 0 Å². The molecule has 0 spiro atoms. The standard InChI is InChI=1S/C15H24N2O3S/c1-11(17-14-5-3-4-6-15(14)20-2)12-7-9-13(10-8-12)21(16,18)19/h7-11,14-15,17H,3-6H2,1-2H3,(H2,16,18,19). The number of hydrogen-bond acceptors (Lipinski definition) is 4. The lowest BCUT2D eigenvalue weighted by Gasteiger charge is -2.33. The number of methoxy groups -OCH3 is 1. The van der Waals surface area contributed by atoms with Gasteiger partial charge < -0.3 is 10.1 Å². The van der Waals surface area contributed by atoms with Crippen LogP contribution in [0.15, 0.2) is 29.2 Å². The predicted octanol–water partition coefficient (Wildman–Crippen LogP) is 1.94. The second kappa shape index (κ2) is 6.87. The highest BCUT2D eigenvalue weighted by atomic mass is 32.2. The number of sulfonamides is 1. The van der Waals surface area contributed by atoms with Gasteiger partial charge >= 0.3 is 0 Å². The molecular formula is C15H24N2O3S. The fourth-order valence-electron chi connectivity index (χ4n) is 2.93. The molecule has 3 atom stereocenters. The van der Waals surface area contributed by atoms with Gasteiger partial charge in [-0.15, -0.1) is 0 Å². The summed E-state index contributed by atoms with van der Waals surface area (Å²) >= 11 is 0. The molecule has 0 heterocycles. The third-order valence-electron chi connectivity index (χ3n) is 4.18. The van der Waals surface area contributed by atoms with Crippen LogP contribution in [0.4, 0.5) is 0 Å². The van der Waals surface area contributed by atoms with Crippen LogP contribution in [-0.4, -0.2) is 27.7 Å². The molecule has 0 aromatic heterocycles. The second-order valence-electron chi connectivity index (χ2n) is 5.67. The summed E-state index contributed by atoms with van der Waals surface area (Å²) in [4.78, 5) is 0.144. The summed E-state index contributed by atoms with van der Waals surface area (Å²) in [6.07, 6.45) is 4.89. The Hall–Kier alpha value is -0.950. The molecule has 6 heteroatoms. The van der Waals surface area contributed by atoms with Crippen LogP contribution in [0.2, 0.25) is 0 Å². The lowest BCUT2D eigenvalue weighted by Crippen LogP contribution is -2.44. The fourth-order valence-corrected chi connectivity index (χ4v) is 3.45. The van der Waals surface area contributed by atoms with E-state index >= 15 is 0 Å². The van der Waals surface area contributed by atoms with Crippen LogP contribution in [0, 0.1) is 0 Å². The molecule has 3 unspecified atom stereocenters. The lowest BCUT2D eigenvalue weighted by atomic mass is 9.91. The van der Waals surface area contributed by atoms with Crippen molar-refractivity contribution in [3.63, 3.8) is 0 Å². The molecule has 2 rings (SSSR count). The highest BCUT2D eigenvalue weighted by Gasteiger charge is 2.26. The van der Waals surface area contributed by atoms with Gasteiger partial charge in [0, 0.05) is 19.2 Å². The van der Waals surface area contributed by atoms with Crippen molar-refractivity contribution in [1.29, 1.82) is 0 Å². The summed E-state index contributed by atoms with van der Waals surface area (Å²) in [6, 6.07) is 7.20. The lowest BCUT2D eigenvalue weighted by molar-refractivity contribution is 0.0384. The third-order valence-corrected chi connectivity index (χ3v) is 5.11. The van der Waals surface area contributed by atoms with Crippen molar-refractivity contribution in [3.05, 3.63) is 29.8 Å². The minimum atomic E-state index is -3.63. The summed E-state index contributed by atoms with van der Waals surface area (Å²) in [5.41, 5.74) is 1.04. The molecule has 118 valence electrons. The Kier molecular flexibility index (Phi) is 5.37. The van der Waals surface area contributed by atoms with Crippen LogP contribution in [0.3, 0.4) is 0 Å². The third kappa shape index (κ3) is 4.26. The molecule has 1 aromatic rings. The summed E-state index contributed by atoms with van der Waals surface area (Å²) in [5, 5.41) is 8.70. The Bertz CT molecular complexity index is 557. The van der Waals surface area contributed by atoms with Crippen molar-refractivity contribution in [2.24, 2.45) is 5.14 Å². The molecule has 1 saturated carbocycles. The van der Waals surface area contributed by atoms with Gasteiger partial charge in [0.05, 0.1) is 11.0 Å². The average Bonchev–Trinajstić information content (AvgIpc) is 2.47. The number of nitrogens with two attached hydrogens (primary N) is 1. The molecule has 0 aliphatic heterocycles. The minimum absolute atomic E-state index is 0.139. The van der Waals surface area contributed by atoms with E-state index in [0.717, 1.165) is 18.4 Å². The van der Waals surface area contributed by atoms with E-state index in [1.54, 1.807) is 19.2 Å². The van der Waals surface area contributed by atoms with E-state index in [4.69, 9.17) is 9.88 Å². The molecular weight excluding hydrogens is 288 g/mol. The van der Waals surface area contributed by atoms with E-state index < -0.39 is 10.0 Å². The smallest absolute Gasteiger partial charge is 0.238 e. The first-order valence-corrected chi connectivity index (χ1v) is 8.88. The Morgan fingerprint density at radius 2 is 1.86 bits per heavy atom. The molecule has 1 aliphatic rings. The quantitative estimate of drug-likeness (QED) is 0.870. The van der Waals surface area contributed by atoms with Crippen LogP contribution in [0.25, 0.3) is 0 Å². The van der Waals surface area contributed by atoms with Gasteiger partial charge in [-0.05, 0) is 37.5 Å². The largest absolute Gasteiger partial charge is 0.380 e. The SMILES string of the molecule is COC1CCCCC1NC(C)c1ccc(S(N)(=O)=O)cc1. The number of benzene rings is 1. The highest BCUT2D eigenvalue weighted by Crippen LogP contribution is 2.24. The van der Waals surface area contributed by atoms with Crippen molar-refractivity contribution < 1.29 is 13.2 Å². The van der Waals surface area contributed by atoms with E-state index in [-0.39, 0.29) is 17.0 Å². The van der Waals surface area contributed by atoms with Gasteiger partial charge in [0.2, 0.25) is 10.0 Å². The van der Waals surface area contributed by atoms with Crippen LogP contribution < -0.4 is 10.5 Å². The van der Waals surface area contributed by atoms with Gasteiger partial charge in [-0.1, -0.05) is 25.0 Å². The van der Waals surface area contributed by atoms with E-state index in [0.29, 0.717) is 6.04 Å². The van der Waals surface area contributed by atoms with Crippen molar-refractivity contribution in [2.75, 3.05) is 7.11 Å². The molecule has 1 aliphatic carbocycles. The molecule has 3 N–H and O–H groups in total. The van der Waals surface area contributed by atoms with Gasteiger partial charge in [0.15, 0.2) is 0 Å². The molecule has 0 amide bonds. The first-order valence-electron chi connectivity index (χ1n) is 7.33. The predicted molar refractivity (Wildman–Crippen MR) is 82.4 cm³/mol. The zero-order valence-corrected chi connectivity index (χ0v) is 13.4. The molecule has 0 radical (unpaired) electrons. The first kappa shape index (κ1) is 16.4. The van der Waals surface area contributed by atoms with E-state index in [9.17, 15) is 8.42 Å². The van der Waals surface area contributed by atoms with Gasteiger partial charge in [-0.2, -0.15) is 0 Å². The zero-order valence-electron chi connectivity index (χ0n) is 12.6. The summed E-state index contributed by atoms with van der Waals surface area (Å²) in [7, 11) is -1.87. The van der Waals surface area contributed by atoms with Gasteiger partial charge in [-0.25, -0.2) is 13.6 Å². The molecule has 21 heavy (non-hydrogen) atoms. The fraction of sp³-hybridized carbons (Fsp3) is 0.600. The Morgan fingerprint density at radius 1 is 1.24 bits per heavy atom. The van der Waals surface area contributed by atoms with E-state index in [1.165, 1.54) is 12.8 Å². The summed E-state index contributed by atoms with van der Waals surface area (Å²) in [6.45, 7) is 2.08. The Labute approximate surface area is 126 Å². The number of hydrogen-bond donors (Lipinski definition) is 2. The molecule has 1 aromatic carbocycles.